The molecule has 0 amide bonds. The third-order valence-corrected chi connectivity index (χ3v) is 5.45. The smallest absolute Gasteiger partial charge is 0.307 e. The van der Waals surface area contributed by atoms with Gasteiger partial charge in [0.2, 0.25) is 15.7 Å². The fourth-order valence-corrected chi connectivity index (χ4v) is 3.99. The molecule has 0 bridgehead atoms. The molecular formula is C15H13FN4O5S. The zero-order valence-electron chi connectivity index (χ0n) is 13.5. The minimum Gasteiger partial charge on any atom is -0.473 e. The number of benzene rings is 1. The summed E-state index contributed by atoms with van der Waals surface area (Å²) in [4.78, 5) is 13.7. The molecular weight excluding hydrogens is 367 g/mol. The molecule has 3 rings (SSSR count). The normalized spacial score (nSPS) is 11.6. The number of sulfone groups is 1. The van der Waals surface area contributed by atoms with Crippen molar-refractivity contribution >= 4 is 26.6 Å². The summed E-state index contributed by atoms with van der Waals surface area (Å²) in [6.45, 7) is 0.561. The van der Waals surface area contributed by atoms with Gasteiger partial charge >= 0.3 is 5.69 Å². The third kappa shape index (κ3) is 2.96. The van der Waals surface area contributed by atoms with Crippen LogP contribution in [0, 0.1) is 17.0 Å². The number of aromatic amines is 1. The van der Waals surface area contributed by atoms with E-state index in [1.807, 2.05) is 0 Å². The Kier molecular flexibility index (Phi) is 4.55. The number of H-pyrrole nitrogens is 1. The number of aryl methyl sites for hydroxylation is 1. The lowest BCUT2D eigenvalue weighted by Gasteiger charge is -2.08. The second-order valence-corrected chi connectivity index (χ2v) is 7.22. The van der Waals surface area contributed by atoms with Crippen molar-refractivity contribution < 1.29 is 22.5 Å². The number of hydrogen-bond acceptors (Lipinski definition) is 7. The average Bonchev–Trinajstić information content (AvgIpc) is 3.02. The standard InChI is InChI=1S/C15H13FN4O5S/c1-9-2-4-10(5-3-9)26(23,24)13-11(20(21)22)8-17-14-12(13)15(19-18-14)25-7-6-16/h2-5,8H,6-7H2,1H3,(H,17,18,19). The molecule has 0 aliphatic carbocycles. The van der Waals surface area contributed by atoms with E-state index in [0.29, 0.717) is 0 Å². The molecule has 26 heavy (non-hydrogen) atoms. The molecule has 0 saturated carbocycles. The molecule has 1 N–H and O–H groups in total. The van der Waals surface area contributed by atoms with E-state index in [9.17, 15) is 22.9 Å². The van der Waals surface area contributed by atoms with Crippen molar-refractivity contribution in [2.45, 2.75) is 16.7 Å². The van der Waals surface area contributed by atoms with Crippen LogP contribution in [0.4, 0.5) is 10.1 Å². The van der Waals surface area contributed by atoms with Crippen LogP contribution in [0.1, 0.15) is 5.56 Å². The minimum absolute atomic E-state index is 0.0184. The highest BCUT2D eigenvalue weighted by Crippen LogP contribution is 2.38. The van der Waals surface area contributed by atoms with Gasteiger partial charge in [-0.15, -0.1) is 5.10 Å². The highest BCUT2D eigenvalue weighted by molar-refractivity contribution is 7.91. The Labute approximate surface area is 146 Å². The molecule has 0 aliphatic heterocycles. The number of pyridine rings is 1. The Balaban J connectivity index is 2.34. The number of ether oxygens (including phenoxy) is 1. The molecule has 0 unspecified atom stereocenters. The van der Waals surface area contributed by atoms with Crippen LogP contribution in [0.2, 0.25) is 0 Å². The number of rotatable bonds is 6. The van der Waals surface area contributed by atoms with Crippen LogP contribution in [0.3, 0.4) is 0 Å². The first kappa shape index (κ1) is 17.7. The van der Waals surface area contributed by atoms with Gasteiger partial charge in [-0.05, 0) is 19.1 Å². The molecule has 0 atom stereocenters. The molecule has 11 heteroatoms. The Morgan fingerprint density at radius 3 is 2.62 bits per heavy atom. The topological polar surface area (TPSA) is 128 Å². The maximum Gasteiger partial charge on any atom is 0.307 e. The minimum atomic E-state index is -4.29. The van der Waals surface area contributed by atoms with Crippen molar-refractivity contribution in [3.05, 3.63) is 46.1 Å². The van der Waals surface area contributed by atoms with Crippen LogP contribution in [0.25, 0.3) is 11.0 Å². The first-order valence-corrected chi connectivity index (χ1v) is 8.86. The van der Waals surface area contributed by atoms with Gasteiger partial charge in [-0.25, -0.2) is 17.8 Å². The third-order valence-electron chi connectivity index (χ3n) is 3.60. The fourth-order valence-electron chi connectivity index (χ4n) is 2.40. The molecule has 0 saturated heterocycles. The number of nitrogens with zero attached hydrogens (tertiary/aromatic N) is 3. The van der Waals surface area contributed by atoms with E-state index in [4.69, 9.17) is 4.74 Å². The van der Waals surface area contributed by atoms with E-state index in [1.54, 1.807) is 19.1 Å². The summed E-state index contributed by atoms with van der Waals surface area (Å²) in [5.41, 5.74) is 0.0910. The SMILES string of the molecule is Cc1ccc(S(=O)(=O)c2c([N+](=O)[O-])cnc3[nH]nc(OCCF)c23)cc1. The maximum absolute atomic E-state index is 13.1. The summed E-state index contributed by atoms with van der Waals surface area (Å²) >= 11 is 0. The van der Waals surface area contributed by atoms with Crippen molar-refractivity contribution in [1.29, 1.82) is 0 Å². The van der Waals surface area contributed by atoms with E-state index >= 15 is 0 Å². The molecule has 9 nitrogen and oxygen atoms in total. The van der Waals surface area contributed by atoms with Gasteiger partial charge in [-0.3, -0.25) is 15.2 Å². The number of alkyl halides is 1. The number of halogens is 1. The first-order valence-electron chi connectivity index (χ1n) is 7.38. The van der Waals surface area contributed by atoms with Crippen LogP contribution in [-0.4, -0.2) is 41.8 Å². The van der Waals surface area contributed by atoms with Gasteiger partial charge in [0.15, 0.2) is 10.5 Å². The number of aromatic nitrogens is 3. The van der Waals surface area contributed by atoms with E-state index in [0.717, 1.165) is 11.8 Å². The molecule has 136 valence electrons. The largest absolute Gasteiger partial charge is 0.473 e. The van der Waals surface area contributed by atoms with Gasteiger partial charge < -0.3 is 4.74 Å². The molecule has 0 radical (unpaired) electrons. The van der Waals surface area contributed by atoms with Crippen LogP contribution < -0.4 is 4.74 Å². The Morgan fingerprint density at radius 1 is 1.31 bits per heavy atom. The lowest BCUT2D eigenvalue weighted by Crippen LogP contribution is -2.08. The second kappa shape index (κ2) is 6.67. The predicted octanol–water partition coefficient (Wildman–Crippen LogP) is 2.36. The summed E-state index contributed by atoms with van der Waals surface area (Å²) in [7, 11) is -4.29. The van der Waals surface area contributed by atoms with Gasteiger partial charge in [0.05, 0.1) is 9.82 Å². The predicted molar refractivity (Wildman–Crippen MR) is 88.6 cm³/mol. The van der Waals surface area contributed by atoms with Crippen molar-refractivity contribution in [3.63, 3.8) is 0 Å². The number of nitrogens with one attached hydrogen (secondary N) is 1. The average molecular weight is 380 g/mol. The highest BCUT2D eigenvalue weighted by Gasteiger charge is 2.34. The zero-order chi connectivity index (χ0) is 18.9. The summed E-state index contributed by atoms with van der Waals surface area (Å²) in [6, 6.07) is 5.85. The van der Waals surface area contributed by atoms with E-state index < -0.39 is 32.0 Å². The second-order valence-electron chi connectivity index (χ2n) is 5.34. The van der Waals surface area contributed by atoms with Crippen molar-refractivity contribution in [2.24, 2.45) is 0 Å². The van der Waals surface area contributed by atoms with E-state index in [1.165, 1.54) is 12.1 Å². The van der Waals surface area contributed by atoms with Gasteiger partial charge in [-0.1, -0.05) is 17.7 Å². The monoisotopic (exact) mass is 380 g/mol. The van der Waals surface area contributed by atoms with Crippen molar-refractivity contribution in [2.75, 3.05) is 13.3 Å². The van der Waals surface area contributed by atoms with Crippen LogP contribution in [0.15, 0.2) is 40.3 Å². The van der Waals surface area contributed by atoms with Crippen LogP contribution in [0.5, 0.6) is 5.88 Å². The Hall–Kier alpha value is -3.08. The van der Waals surface area contributed by atoms with Crippen LogP contribution in [-0.2, 0) is 9.84 Å². The molecule has 2 aromatic heterocycles. The van der Waals surface area contributed by atoms with Crippen LogP contribution >= 0.6 is 0 Å². The summed E-state index contributed by atoms with van der Waals surface area (Å²) in [5, 5.41) is 17.4. The number of nitro groups is 1. The lowest BCUT2D eigenvalue weighted by atomic mass is 10.2. The summed E-state index contributed by atoms with van der Waals surface area (Å²) in [5.74, 6) is -0.264. The van der Waals surface area contributed by atoms with Gasteiger partial charge in [0, 0.05) is 0 Å². The molecule has 0 spiro atoms. The lowest BCUT2D eigenvalue weighted by molar-refractivity contribution is -0.387. The molecule has 0 fully saturated rings. The van der Waals surface area contributed by atoms with Gasteiger partial charge in [-0.2, -0.15) is 0 Å². The molecule has 1 aromatic carbocycles. The van der Waals surface area contributed by atoms with Gasteiger partial charge in [0.25, 0.3) is 0 Å². The van der Waals surface area contributed by atoms with E-state index in [2.05, 4.69) is 15.2 Å². The fraction of sp³-hybridized carbons (Fsp3) is 0.200. The molecule has 3 aromatic rings. The quantitative estimate of drug-likeness (QED) is 0.513. The van der Waals surface area contributed by atoms with Crippen molar-refractivity contribution in [3.8, 4) is 5.88 Å². The number of fused-ring (bicyclic) bond motifs is 1. The van der Waals surface area contributed by atoms with Crippen molar-refractivity contribution in [1.82, 2.24) is 15.2 Å². The van der Waals surface area contributed by atoms with Gasteiger partial charge in [0.1, 0.15) is 24.9 Å². The Morgan fingerprint density at radius 2 is 2.00 bits per heavy atom. The van der Waals surface area contributed by atoms with E-state index in [-0.39, 0.29) is 28.4 Å². The summed E-state index contributed by atoms with van der Waals surface area (Å²) in [6.07, 6.45) is 0.834. The molecule has 2 heterocycles. The zero-order valence-corrected chi connectivity index (χ0v) is 14.3. The first-order chi connectivity index (χ1) is 12.4. The summed E-state index contributed by atoms with van der Waals surface area (Å²) < 4.78 is 43.7. The highest BCUT2D eigenvalue weighted by atomic mass is 32.2. The number of hydrogen-bond donors (Lipinski definition) is 1. The Bertz CT molecular complexity index is 1080. The maximum atomic E-state index is 13.1. The molecule has 0 aliphatic rings.